The monoisotopic (exact) mass is 537 g/mol. The van der Waals surface area contributed by atoms with E-state index < -0.39 is 39.0 Å². The number of carbonyl (C=O) groups is 1. The lowest BCUT2D eigenvalue weighted by molar-refractivity contribution is -0.113. The third-order valence-electron chi connectivity index (χ3n) is 4.87. The van der Waals surface area contributed by atoms with Crippen LogP contribution in [-0.4, -0.2) is 35.8 Å². The van der Waals surface area contributed by atoms with Gasteiger partial charge in [0.2, 0.25) is 0 Å². The van der Waals surface area contributed by atoms with E-state index in [4.69, 9.17) is 25.2 Å². The highest BCUT2D eigenvalue weighted by Crippen LogP contribution is 2.38. The molecule has 1 amide bonds. The number of fused-ring (bicyclic) bond motifs is 1. The number of aliphatic hydroxyl groups excluding tert-OH is 1. The highest BCUT2D eigenvalue weighted by atomic mass is 35.5. The van der Waals surface area contributed by atoms with Gasteiger partial charge in [0.05, 0.1) is 0 Å². The molecule has 0 fully saturated rings. The van der Waals surface area contributed by atoms with E-state index in [9.17, 15) is 22.7 Å². The number of amides is 1. The number of sulfonamides is 1. The molecule has 0 atom stereocenters. The fourth-order valence-corrected chi connectivity index (χ4v) is 5.49. The number of likely N-dealkylation sites (N-methyl/N-ethyl adjacent to an activating group) is 1. The number of carbonyl (C=O) groups excluding carboxylic acids is 1. The van der Waals surface area contributed by atoms with Gasteiger partial charge in [-0.1, -0.05) is 0 Å². The van der Waals surface area contributed by atoms with Gasteiger partial charge in [0, 0.05) is 24.6 Å². The van der Waals surface area contributed by atoms with E-state index in [0.29, 0.717) is 21.5 Å². The number of nitrogens with one attached hydrogen (secondary N) is 1. The Bertz CT molecular complexity index is 1590. The molecule has 2 N–H and O–H groups in total. The molecule has 1 aliphatic heterocycles. The Kier molecular flexibility index (Phi) is 5.54. The van der Waals surface area contributed by atoms with Gasteiger partial charge in [0.1, 0.15) is 22.2 Å². The van der Waals surface area contributed by atoms with Crippen molar-refractivity contribution in [3.05, 3.63) is 70.3 Å². The number of furan rings is 2. The van der Waals surface area contributed by atoms with Crippen LogP contribution in [0.2, 0.25) is 5.22 Å². The first-order valence-electron chi connectivity index (χ1n) is 9.66. The van der Waals surface area contributed by atoms with Gasteiger partial charge in [0.15, 0.2) is 33.3 Å². The number of halogens is 2. The Morgan fingerprint density at radius 2 is 1.97 bits per heavy atom. The number of hydrogen-bond donors (Lipinski definition) is 2. The second-order valence-corrected chi connectivity index (χ2v) is 10.2. The minimum absolute atomic E-state index is 0.108. The van der Waals surface area contributed by atoms with Crippen LogP contribution in [0.5, 0.6) is 11.7 Å². The summed E-state index contributed by atoms with van der Waals surface area (Å²) in [5.74, 6) is -1.61. The molecule has 4 aromatic rings. The first-order valence-corrected chi connectivity index (χ1v) is 12.4. The van der Waals surface area contributed by atoms with E-state index in [0.717, 1.165) is 24.5 Å². The third-order valence-corrected chi connectivity index (χ3v) is 7.57. The SMILES string of the molecule is CN1C(C(=O)Nc2nc(-c3ccc(Oc4ccc(F)cc4)o3)cs2)=C(O)c2oc(Cl)cc2S1(=O)=O. The Morgan fingerprint density at radius 1 is 1.23 bits per heavy atom. The van der Waals surface area contributed by atoms with Crippen LogP contribution in [0.15, 0.2) is 67.3 Å². The minimum atomic E-state index is -4.17. The van der Waals surface area contributed by atoms with Crippen LogP contribution in [0.1, 0.15) is 5.76 Å². The van der Waals surface area contributed by atoms with E-state index in [1.807, 2.05) is 0 Å². The van der Waals surface area contributed by atoms with E-state index in [1.54, 1.807) is 17.5 Å². The van der Waals surface area contributed by atoms with Crippen LogP contribution >= 0.6 is 22.9 Å². The van der Waals surface area contributed by atoms with Crippen LogP contribution in [0.4, 0.5) is 9.52 Å². The van der Waals surface area contributed by atoms with Crippen LogP contribution in [0, 0.1) is 5.82 Å². The number of ether oxygens (including phenoxy) is 1. The number of nitrogens with zero attached hydrogens (tertiary/aromatic N) is 2. The third kappa shape index (κ3) is 4.13. The molecular formula is C21H13ClFN3O7S2. The standard InChI is InChI=1S/C21H13ClFN3O7S2/c1-26-17(18(27)19-14(35(26,29)30)8-15(22)33-19)20(28)25-21-24-12(9-34-21)13-6-7-16(32-13)31-11-4-2-10(23)3-5-11/h2-9,27H,1H3,(H,24,25,28). The van der Waals surface area contributed by atoms with Crippen LogP contribution in [0.3, 0.4) is 0 Å². The van der Waals surface area contributed by atoms with Gasteiger partial charge < -0.3 is 18.7 Å². The second-order valence-electron chi connectivity index (χ2n) is 7.08. The Hall–Kier alpha value is -3.81. The zero-order chi connectivity index (χ0) is 24.9. The Balaban J connectivity index is 1.35. The summed E-state index contributed by atoms with van der Waals surface area (Å²) in [6, 6.07) is 9.57. The van der Waals surface area contributed by atoms with E-state index in [2.05, 4.69) is 10.3 Å². The number of benzene rings is 1. The summed E-state index contributed by atoms with van der Waals surface area (Å²) in [6.45, 7) is 0. The summed E-state index contributed by atoms with van der Waals surface area (Å²) in [5, 5.41) is 14.4. The van der Waals surface area contributed by atoms with Gasteiger partial charge in [-0.3, -0.25) is 14.4 Å². The molecule has 1 aliphatic rings. The van der Waals surface area contributed by atoms with Gasteiger partial charge >= 0.3 is 0 Å². The number of thiazole rings is 1. The maximum atomic E-state index is 13.0. The minimum Gasteiger partial charge on any atom is -0.503 e. The van der Waals surface area contributed by atoms with Crippen molar-refractivity contribution in [3.63, 3.8) is 0 Å². The molecule has 0 saturated carbocycles. The lowest BCUT2D eigenvalue weighted by atomic mass is 10.2. The predicted octanol–water partition coefficient (Wildman–Crippen LogP) is 5.08. The van der Waals surface area contributed by atoms with Crippen LogP contribution in [-0.2, 0) is 14.8 Å². The molecule has 0 aliphatic carbocycles. The normalized spacial score (nSPS) is 14.7. The van der Waals surface area contributed by atoms with Gasteiger partial charge in [-0.05, 0) is 41.9 Å². The number of rotatable bonds is 5. The Labute approximate surface area is 205 Å². The van der Waals surface area contributed by atoms with Gasteiger partial charge in [-0.15, -0.1) is 11.3 Å². The topological polar surface area (TPSA) is 135 Å². The zero-order valence-electron chi connectivity index (χ0n) is 17.5. The van der Waals surface area contributed by atoms with Crippen molar-refractivity contribution in [2.45, 2.75) is 4.90 Å². The first-order chi connectivity index (χ1) is 16.6. The number of hydrogen-bond acceptors (Lipinski definition) is 9. The maximum Gasteiger partial charge on any atom is 0.290 e. The van der Waals surface area contributed by atoms with Crippen molar-refractivity contribution in [2.24, 2.45) is 0 Å². The average molecular weight is 538 g/mol. The summed E-state index contributed by atoms with van der Waals surface area (Å²) in [6.07, 6.45) is 0. The van der Waals surface area contributed by atoms with Gasteiger partial charge in [-0.2, -0.15) is 0 Å². The fraction of sp³-hybridized carbons (Fsp3) is 0.0476. The van der Waals surface area contributed by atoms with Crippen molar-refractivity contribution >= 4 is 49.8 Å². The first kappa shape index (κ1) is 23.0. The van der Waals surface area contributed by atoms with E-state index in [-0.39, 0.29) is 21.2 Å². The molecule has 10 nitrogen and oxygen atoms in total. The lowest BCUT2D eigenvalue weighted by Gasteiger charge is -2.25. The largest absolute Gasteiger partial charge is 0.503 e. The Morgan fingerprint density at radius 3 is 2.71 bits per heavy atom. The molecule has 0 radical (unpaired) electrons. The molecule has 1 aromatic carbocycles. The van der Waals surface area contributed by atoms with Crippen molar-refractivity contribution in [2.75, 3.05) is 12.4 Å². The molecule has 180 valence electrons. The highest BCUT2D eigenvalue weighted by molar-refractivity contribution is 7.89. The zero-order valence-corrected chi connectivity index (χ0v) is 19.9. The number of anilines is 1. The molecule has 0 unspecified atom stereocenters. The van der Waals surface area contributed by atoms with Crippen LogP contribution < -0.4 is 10.1 Å². The summed E-state index contributed by atoms with van der Waals surface area (Å²) >= 11 is 6.78. The molecule has 3 aromatic heterocycles. The molecule has 0 saturated heterocycles. The number of aliphatic hydroxyl groups is 1. The van der Waals surface area contributed by atoms with Crippen molar-refractivity contribution in [1.29, 1.82) is 0 Å². The number of aromatic nitrogens is 1. The molecule has 4 heterocycles. The molecule has 14 heteroatoms. The van der Waals surface area contributed by atoms with Crippen LogP contribution in [0.25, 0.3) is 17.2 Å². The van der Waals surface area contributed by atoms with Gasteiger partial charge in [-0.25, -0.2) is 17.8 Å². The lowest BCUT2D eigenvalue weighted by Crippen LogP contribution is -2.36. The average Bonchev–Trinajstić information content (AvgIpc) is 3.54. The quantitative estimate of drug-likeness (QED) is 0.360. The summed E-state index contributed by atoms with van der Waals surface area (Å²) in [4.78, 5) is 16.8. The molecular weight excluding hydrogens is 525 g/mol. The van der Waals surface area contributed by atoms with E-state index in [1.165, 1.54) is 24.3 Å². The smallest absolute Gasteiger partial charge is 0.290 e. The van der Waals surface area contributed by atoms with Crippen molar-refractivity contribution in [1.82, 2.24) is 9.29 Å². The highest BCUT2D eigenvalue weighted by Gasteiger charge is 2.41. The van der Waals surface area contributed by atoms with E-state index >= 15 is 0 Å². The second kappa shape index (κ2) is 8.45. The summed E-state index contributed by atoms with van der Waals surface area (Å²) in [7, 11) is -3.06. The summed E-state index contributed by atoms with van der Waals surface area (Å²) in [5.41, 5.74) is -0.199. The summed E-state index contributed by atoms with van der Waals surface area (Å²) < 4.78 is 55.2. The molecule has 0 spiro atoms. The molecule has 35 heavy (non-hydrogen) atoms. The molecule has 5 rings (SSSR count). The predicted molar refractivity (Wildman–Crippen MR) is 123 cm³/mol. The van der Waals surface area contributed by atoms with Crippen molar-refractivity contribution < 1.29 is 36.3 Å². The van der Waals surface area contributed by atoms with Gasteiger partial charge in [0.25, 0.3) is 21.9 Å². The van der Waals surface area contributed by atoms with Crippen molar-refractivity contribution in [3.8, 4) is 23.1 Å². The fourth-order valence-electron chi connectivity index (χ4n) is 3.21. The molecule has 0 bridgehead atoms. The maximum absolute atomic E-state index is 13.0.